The number of nitrogens with zero attached hydrogens (tertiary/aromatic N) is 2. The summed E-state index contributed by atoms with van der Waals surface area (Å²) >= 11 is 0. The Morgan fingerprint density at radius 1 is 1.04 bits per heavy atom. The van der Waals surface area contributed by atoms with Crippen molar-refractivity contribution in [3.05, 3.63) is 29.8 Å². The Labute approximate surface area is 142 Å². The molecule has 1 saturated heterocycles. The summed E-state index contributed by atoms with van der Waals surface area (Å²) in [4.78, 5) is 27.1. The molecule has 2 amide bonds. The van der Waals surface area contributed by atoms with Gasteiger partial charge in [-0.15, -0.1) is 0 Å². The number of amides is 2. The maximum atomic E-state index is 11.8. The molecule has 1 aliphatic rings. The number of hydrazine groups is 1. The highest BCUT2D eigenvalue weighted by atomic mass is 16.2. The Hall–Kier alpha value is -2.16. The molecule has 1 aromatic carbocycles. The molecule has 8 nitrogen and oxygen atoms in total. The van der Waals surface area contributed by atoms with E-state index in [1.54, 1.807) is 0 Å². The van der Waals surface area contributed by atoms with Gasteiger partial charge in [-0.2, -0.15) is 0 Å². The van der Waals surface area contributed by atoms with Crippen molar-refractivity contribution in [2.75, 3.05) is 50.7 Å². The van der Waals surface area contributed by atoms with Gasteiger partial charge in [-0.25, -0.2) is 0 Å². The molecule has 1 aliphatic heterocycles. The molecule has 2 rings (SSSR count). The van der Waals surface area contributed by atoms with Crippen molar-refractivity contribution in [3.8, 4) is 0 Å². The number of hydrogen-bond acceptors (Lipinski definition) is 6. The first kappa shape index (κ1) is 18.2. The molecule has 6 N–H and O–H groups in total. The largest absolute Gasteiger partial charge is 0.369 e. The second-order valence-corrected chi connectivity index (χ2v) is 5.88. The van der Waals surface area contributed by atoms with Gasteiger partial charge in [0.1, 0.15) is 0 Å². The van der Waals surface area contributed by atoms with Crippen molar-refractivity contribution in [2.24, 2.45) is 11.6 Å². The van der Waals surface area contributed by atoms with E-state index in [4.69, 9.17) is 11.6 Å². The summed E-state index contributed by atoms with van der Waals surface area (Å²) in [5, 5.41) is 2.80. The van der Waals surface area contributed by atoms with E-state index in [9.17, 15) is 9.59 Å². The van der Waals surface area contributed by atoms with Gasteiger partial charge in [-0.1, -0.05) is 12.1 Å². The fourth-order valence-electron chi connectivity index (χ4n) is 2.73. The monoisotopic (exact) mass is 334 g/mol. The summed E-state index contributed by atoms with van der Waals surface area (Å²) in [6.45, 7) is 4.75. The van der Waals surface area contributed by atoms with Gasteiger partial charge >= 0.3 is 0 Å². The minimum absolute atomic E-state index is 0.0157. The van der Waals surface area contributed by atoms with Crippen LogP contribution in [0.2, 0.25) is 0 Å². The fourth-order valence-corrected chi connectivity index (χ4v) is 2.73. The number of hydrogen-bond donors (Lipinski definition) is 4. The number of piperazine rings is 1. The number of primary amides is 1. The molecule has 0 radical (unpaired) electrons. The Morgan fingerprint density at radius 2 is 1.71 bits per heavy atom. The van der Waals surface area contributed by atoms with Gasteiger partial charge in [0.25, 0.3) is 0 Å². The number of benzene rings is 1. The molecular weight excluding hydrogens is 308 g/mol. The third kappa shape index (κ3) is 5.80. The molecule has 0 atom stereocenters. The first-order valence-corrected chi connectivity index (χ1v) is 8.13. The van der Waals surface area contributed by atoms with Gasteiger partial charge < -0.3 is 16.0 Å². The smallest absolute Gasteiger partial charge is 0.231 e. The van der Waals surface area contributed by atoms with Crippen LogP contribution in [0.1, 0.15) is 5.56 Å². The van der Waals surface area contributed by atoms with E-state index in [0.29, 0.717) is 26.1 Å². The zero-order chi connectivity index (χ0) is 17.4. The molecular formula is C16H26N6O2. The number of nitrogens with two attached hydrogens (primary N) is 2. The highest BCUT2D eigenvalue weighted by Gasteiger charge is 2.18. The second kappa shape index (κ2) is 9.21. The highest BCUT2D eigenvalue weighted by Crippen LogP contribution is 2.17. The van der Waals surface area contributed by atoms with Crippen LogP contribution in [0.5, 0.6) is 0 Å². The predicted octanol–water partition coefficient (Wildman–Crippen LogP) is -1.58. The molecule has 24 heavy (non-hydrogen) atoms. The summed E-state index contributed by atoms with van der Waals surface area (Å²) in [6.07, 6.45) is 0.358. The van der Waals surface area contributed by atoms with Gasteiger partial charge in [0.05, 0.1) is 13.0 Å². The molecule has 0 aromatic heterocycles. The third-order valence-electron chi connectivity index (χ3n) is 4.01. The Balaban J connectivity index is 1.80. The van der Waals surface area contributed by atoms with Crippen LogP contribution >= 0.6 is 0 Å². The Bertz CT molecular complexity index is 540. The zero-order valence-corrected chi connectivity index (χ0v) is 13.8. The van der Waals surface area contributed by atoms with Crippen LogP contribution in [0, 0.1) is 0 Å². The quantitative estimate of drug-likeness (QED) is 0.259. The predicted molar refractivity (Wildman–Crippen MR) is 93.2 cm³/mol. The first-order valence-electron chi connectivity index (χ1n) is 8.13. The standard InChI is InChI=1S/C16H26N6O2/c17-15(23)12-21-7-9-22(10-8-21)14-3-1-13(2-4-14)11-16(24)19-5-6-20-18/h1-4,20H,5-12,18H2,(H2,17,23)(H,19,24). The number of rotatable bonds is 8. The average molecular weight is 334 g/mol. The van der Waals surface area contributed by atoms with Crippen molar-refractivity contribution < 1.29 is 9.59 Å². The van der Waals surface area contributed by atoms with Crippen LogP contribution in [-0.4, -0.2) is 62.5 Å². The molecule has 132 valence electrons. The van der Waals surface area contributed by atoms with E-state index in [1.807, 2.05) is 24.3 Å². The number of anilines is 1. The maximum Gasteiger partial charge on any atom is 0.231 e. The molecule has 0 unspecified atom stereocenters. The molecule has 1 heterocycles. The lowest BCUT2D eigenvalue weighted by Crippen LogP contribution is -2.48. The molecule has 1 fully saturated rings. The van der Waals surface area contributed by atoms with Gasteiger partial charge in [-0.05, 0) is 17.7 Å². The minimum Gasteiger partial charge on any atom is -0.369 e. The summed E-state index contributed by atoms with van der Waals surface area (Å²) < 4.78 is 0. The lowest BCUT2D eigenvalue weighted by atomic mass is 10.1. The fraction of sp³-hybridized carbons (Fsp3) is 0.500. The summed E-state index contributed by atoms with van der Waals surface area (Å²) in [6, 6.07) is 8.03. The molecule has 0 bridgehead atoms. The number of carbonyl (C=O) groups excluding carboxylic acids is 2. The van der Waals surface area contributed by atoms with Gasteiger partial charge in [0.2, 0.25) is 11.8 Å². The minimum atomic E-state index is -0.284. The van der Waals surface area contributed by atoms with Gasteiger partial charge in [-0.3, -0.25) is 25.8 Å². The molecule has 0 saturated carbocycles. The molecule has 1 aromatic rings. The van der Waals surface area contributed by atoms with E-state index >= 15 is 0 Å². The Morgan fingerprint density at radius 3 is 2.29 bits per heavy atom. The van der Waals surface area contributed by atoms with Crippen molar-refractivity contribution >= 4 is 17.5 Å². The van der Waals surface area contributed by atoms with Crippen LogP contribution in [0.15, 0.2) is 24.3 Å². The summed E-state index contributed by atoms with van der Waals surface area (Å²) in [5.74, 6) is 4.86. The normalized spacial score (nSPS) is 15.3. The number of carbonyl (C=O) groups is 2. The average Bonchev–Trinajstić information content (AvgIpc) is 2.56. The van der Waals surface area contributed by atoms with E-state index in [-0.39, 0.29) is 11.8 Å². The van der Waals surface area contributed by atoms with Crippen molar-refractivity contribution in [1.29, 1.82) is 0 Å². The highest BCUT2D eigenvalue weighted by molar-refractivity contribution is 5.78. The van der Waals surface area contributed by atoms with E-state index in [0.717, 1.165) is 37.4 Å². The van der Waals surface area contributed by atoms with Crippen molar-refractivity contribution in [1.82, 2.24) is 15.6 Å². The van der Waals surface area contributed by atoms with Crippen LogP contribution in [0.25, 0.3) is 0 Å². The van der Waals surface area contributed by atoms with Crippen molar-refractivity contribution in [3.63, 3.8) is 0 Å². The number of nitrogens with one attached hydrogen (secondary N) is 2. The molecule has 0 spiro atoms. The van der Waals surface area contributed by atoms with Crippen LogP contribution in [0.3, 0.4) is 0 Å². The summed E-state index contributed by atoms with van der Waals surface area (Å²) in [7, 11) is 0. The van der Waals surface area contributed by atoms with E-state index < -0.39 is 0 Å². The SMILES string of the molecule is NNCCNC(=O)Cc1ccc(N2CCN(CC(N)=O)CC2)cc1. The topological polar surface area (TPSA) is 117 Å². The first-order chi connectivity index (χ1) is 11.6. The summed E-state index contributed by atoms with van der Waals surface area (Å²) in [5.41, 5.74) is 9.83. The lowest BCUT2D eigenvalue weighted by molar-refractivity contribution is -0.120. The molecule has 0 aliphatic carbocycles. The van der Waals surface area contributed by atoms with Crippen molar-refractivity contribution in [2.45, 2.75) is 6.42 Å². The zero-order valence-electron chi connectivity index (χ0n) is 13.8. The van der Waals surface area contributed by atoms with Gasteiger partial charge in [0.15, 0.2) is 0 Å². The van der Waals surface area contributed by atoms with E-state index in [1.165, 1.54) is 0 Å². The van der Waals surface area contributed by atoms with Crippen LogP contribution in [-0.2, 0) is 16.0 Å². The van der Waals surface area contributed by atoms with Crippen LogP contribution < -0.4 is 27.2 Å². The van der Waals surface area contributed by atoms with E-state index in [2.05, 4.69) is 20.5 Å². The Kier molecular flexibility index (Phi) is 6.98. The third-order valence-corrected chi connectivity index (χ3v) is 4.01. The maximum absolute atomic E-state index is 11.8. The molecule has 8 heteroatoms. The lowest BCUT2D eigenvalue weighted by Gasteiger charge is -2.35. The van der Waals surface area contributed by atoms with Crippen LogP contribution in [0.4, 0.5) is 5.69 Å². The second-order valence-electron chi connectivity index (χ2n) is 5.88. The van der Waals surface area contributed by atoms with Gasteiger partial charge in [0, 0.05) is 45.0 Å².